The van der Waals surface area contributed by atoms with Gasteiger partial charge in [0.1, 0.15) is 16.5 Å². The van der Waals surface area contributed by atoms with Gasteiger partial charge in [-0.15, -0.1) is 11.3 Å². The molecule has 1 N–H and O–H groups in total. The van der Waals surface area contributed by atoms with Crippen molar-refractivity contribution < 1.29 is 9.47 Å². The van der Waals surface area contributed by atoms with Crippen molar-refractivity contribution in [2.24, 2.45) is 0 Å². The minimum Gasteiger partial charge on any atom is -0.497 e. The van der Waals surface area contributed by atoms with E-state index in [0.717, 1.165) is 28.6 Å². The fraction of sp³-hybridized carbons (Fsp3) is 0.400. The molecule has 0 aliphatic heterocycles. The van der Waals surface area contributed by atoms with Crippen LogP contribution < -0.4 is 14.8 Å². The molecule has 0 bridgehead atoms. The third-order valence-electron chi connectivity index (χ3n) is 3.10. The number of hydrogen-bond donors (Lipinski definition) is 1. The summed E-state index contributed by atoms with van der Waals surface area (Å²) in [4.78, 5) is 5.63. The third kappa shape index (κ3) is 3.49. The van der Waals surface area contributed by atoms with Crippen molar-refractivity contribution >= 4 is 11.3 Å². The predicted molar refractivity (Wildman–Crippen MR) is 81.7 cm³/mol. The molecule has 0 radical (unpaired) electrons. The van der Waals surface area contributed by atoms with E-state index in [1.165, 1.54) is 4.88 Å². The van der Waals surface area contributed by atoms with Gasteiger partial charge < -0.3 is 14.8 Å². The number of hydrogen-bond acceptors (Lipinski definition) is 5. The molecule has 2 aromatic rings. The molecule has 0 saturated carbocycles. The van der Waals surface area contributed by atoms with E-state index in [9.17, 15) is 0 Å². The zero-order valence-electron chi connectivity index (χ0n) is 12.3. The fourth-order valence-electron chi connectivity index (χ4n) is 1.92. The smallest absolute Gasteiger partial charge is 0.127 e. The normalized spacial score (nSPS) is 12.2. The Morgan fingerprint density at radius 1 is 1.30 bits per heavy atom. The molecule has 2 rings (SSSR count). The van der Waals surface area contributed by atoms with Crippen molar-refractivity contribution in [1.82, 2.24) is 10.3 Å². The van der Waals surface area contributed by atoms with Gasteiger partial charge in [-0.25, -0.2) is 4.98 Å². The number of thiazole rings is 1. The Labute approximate surface area is 123 Å². The first kappa shape index (κ1) is 14.8. The van der Waals surface area contributed by atoms with Crippen molar-refractivity contribution in [3.8, 4) is 11.5 Å². The van der Waals surface area contributed by atoms with Crippen molar-refractivity contribution in [2.75, 3.05) is 14.2 Å². The molecule has 1 aromatic heterocycles. The number of rotatable bonds is 6. The number of aryl methyl sites for hydroxylation is 1. The van der Waals surface area contributed by atoms with Crippen molar-refractivity contribution in [3.05, 3.63) is 39.8 Å². The maximum absolute atomic E-state index is 5.40. The summed E-state index contributed by atoms with van der Waals surface area (Å²) in [7, 11) is 3.32. The summed E-state index contributed by atoms with van der Waals surface area (Å²) in [5.74, 6) is 1.63. The van der Waals surface area contributed by atoms with Gasteiger partial charge in [0.2, 0.25) is 0 Å². The Morgan fingerprint density at radius 2 is 2.10 bits per heavy atom. The van der Waals surface area contributed by atoms with Gasteiger partial charge in [0.25, 0.3) is 0 Å². The monoisotopic (exact) mass is 292 g/mol. The van der Waals surface area contributed by atoms with Crippen LogP contribution in [0.4, 0.5) is 0 Å². The summed E-state index contributed by atoms with van der Waals surface area (Å²) >= 11 is 1.72. The number of aromatic nitrogens is 1. The van der Waals surface area contributed by atoms with Crippen LogP contribution in [-0.2, 0) is 6.54 Å². The molecule has 1 unspecified atom stereocenters. The molecule has 1 atom stereocenters. The summed E-state index contributed by atoms with van der Waals surface area (Å²) in [6.07, 6.45) is 1.91. The second kappa shape index (κ2) is 6.72. The number of methoxy groups -OCH3 is 2. The lowest BCUT2D eigenvalue weighted by molar-refractivity contribution is 0.389. The van der Waals surface area contributed by atoms with Crippen LogP contribution in [0.15, 0.2) is 24.4 Å². The van der Waals surface area contributed by atoms with Gasteiger partial charge >= 0.3 is 0 Å². The zero-order chi connectivity index (χ0) is 14.5. The summed E-state index contributed by atoms with van der Waals surface area (Å²) in [6, 6.07) is 6.08. The lowest BCUT2D eigenvalue weighted by Crippen LogP contribution is -2.18. The quantitative estimate of drug-likeness (QED) is 0.887. The molecule has 4 nitrogen and oxygen atoms in total. The highest BCUT2D eigenvalue weighted by molar-refractivity contribution is 7.11. The predicted octanol–water partition coefficient (Wildman–Crippen LogP) is 3.32. The molecule has 20 heavy (non-hydrogen) atoms. The van der Waals surface area contributed by atoms with Crippen LogP contribution in [0.25, 0.3) is 0 Å². The average molecular weight is 292 g/mol. The third-order valence-corrected chi connectivity index (χ3v) is 4.20. The van der Waals surface area contributed by atoms with E-state index in [-0.39, 0.29) is 6.04 Å². The summed E-state index contributed by atoms with van der Waals surface area (Å²) in [6.45, 7) is 4.92. The van der Waals surface area contributed by atoms with E-state index in [1.54, 1.807) is 25.6 Å². The highest BCUT2D eigenvalue weighted by atomic mass is 32.1. The number of benzene rings is 1. The second-order valence-electron chi connectivity index (χ2n) is 4.59. The molecule has 0 aliphatic rings. The van der Waals surface area contributed by atoms with E-state index in [1.807, 2.05) is 24.4 Å². The van der Waals surface area contributed by atoms with Crippen LogP contribution in [0.5, 0.6) is 11.5 Å². The van der Waals surface area contributed by atoms with Gasteiger partial charge in [0, 0.05) is 29.2 Å². The number of ether oxygens (including phenoxy) is 2. The van der Waals surface area contributed by atoms with Crippen molar-refractivity contribution in [3.63, 3.8) is 0 Å². The number of nitrogens with zero attached hydrogens (tertiary/aromatic N) is 1. The molecule has 0 aliphatic carbocycles. The van der Waals surface area contributed by atoms with Crippen molar-refractivity contribution in [1.29, 1.82) is 0 Å². The van der Waals surface area contributed by atoms with E-state index < -0.39 is 0 Å². The molecule has 5 heteroatoms. The first-order valence-corrected chi connectivity index (χ1v) is 7.32. The van der Waals surface area contributed by atoms with E-state index in [4.69, 9.17) is 9.47 Å². The molecule has 0 amide bonds. The highest BCUT2D eigenvalue weighted by Gasteiger charge is 2.11. The maximum Gasteiger partial charge on any atom is 0.127 e. The van der Waals surface area contributed by atoms with Crippen LogP contribution in [0.1, 0.15) is 28.4 Å². The zero-order valence-corrected chi connectivity index (χ0v) is 13.1. The van der Waals surface area contributed by atoms with Crippen LogP contribution in [0.3, 0.4) is 0 Å². The Morgan fingerprint density at radius 3 is 2.70 bits per heavy atom. The summed E-state index contributed by atoms with van der Waals surface area (Å²) in [5, 5.41) is 4.57. The van der Waals surface area contributed by atoms with Gasteiger partial charge in [0.05, 0.1) is 20.3 Å². The largest absolute Gasteiger partial charge is 0.497 e. The number of nitrogens with one attached hydrogen (secondary N) is 1. The van der Waals surface area contributed by atoms with Crippen LogP contribution >= 0.6 is 11.3 Å². The van der Waals surface area contributed by atoms with E-state index >= 15 is 0 Å². The fourth-order valence-corrected chi connectivity index (χ4v) is 2.72. The molecule has 0 saturated heterocycles. The minimum absolute atomic E-state index is 0.223. The van der Waals surface area contributed by atoms with Gasteiger partial charge in [-0.2, -0.15) is 0 Å². The maximum atomic E-state index is 5.40. The second-order valence-corrected chi connectivity index (χ2v) is 5.86. The standard InChI is InChI=1S/C15H20N2O2S/c1-10-8-17-15(20-10)11(2)16-9-12-5-6-13(18-3)7-14(12)19-4/h5-8,11,16H,9H2,1-4H3. The first-order chi connectivity index (χ1) is 9.63. The Hall–Kier alpha value is -1.59. The first-order valence-electron chi connectivity index (χ1n) is 6.50. The average Bonchev–Trinajstić information content (AvgIpc) is 2.91. The lowest BCUT2D eigenvalue weighted by atomic mass is 10.2. The molecular weight excluding hydrogens is 272 g/mol. The SMILES string of the molecule is COc1ccc(CNC(C)c2ncc(C)s2)c(OC)c1. The van der Waals surface area contributed by atoms with Crippen LogP contribution in [0.2, 0.25) is 0 Å². The Balaban J connectivity index is 2.03. The molecule has 1 aromatic carbocycles. The minimum atomic E-state index is 0.223. The lowest BCUT2D eigenvalue weighted by Gasteiger charge is -2.14. The van der Waals surface area contributed by atoms with E-state index in [2.05, 4.69) is 24.1 Å². The Bertz CT molecular complexity index is 569. The highest BCUT2D eigenvalue weighted by Crippen LogP contribution is 2.25. The molecule has 1 heterocycles. The van der Waals surface area contributed by atoms with Crippen LogP contribution in [-0.4, -0.2) is 19.2 Å². The summed E-state index contributed by atoms with van der Waals surface area (Å²) in [5.41, 5.74) is 1.11. The van der Waals surface area contributed by atoms with Crippen LogP contribution in [0, 0.1) is 6.92 Å². The van der Waals surface area contributed by atoms with Gasteiger partial charge in [0.15, 0.2) is 0 Å². The summed E-state index contributed by atoms with van der Waals surface area (Å²) < 4.78 is 10.6. The molecule has 0 fully saturated rings. The topological polar surface area (TPSA) is 43.4 Å². The van der Waals surface area contributed by atoms with Gasteiger partial charge in [-0.3, -0.25) is 0 Å². The molecule has 0 spiro atoms. The van der Waals surface area contributed by atoms with Crippen molar-refractivity contribution in [2.45, 2.75) is 26.4 Å². The Kier molecular flexibility index (Phi) is 4.98. The van der Waals surface area contributed by atoms with Gasteiger partial charge in [-0.1, -0.05) is 6.07 Å². The molecular formula is C15H20N2O2S. The molecule has 108 valence electrons. The van der Waals surface area contributed by atoms with E-state index in [0.29, 0.717) is 0 Å². The van der Waals surface area contributed by atoms with Gasteiger partial charge in [-0.05, 0) is 19.9 Å².